The van der Waals surface area contributed by atoms with Gasteiger partial charge >= 0.3 is 0 Å². The predicted molar refractivity (Wildman–Crippen MR) is 124 cm³/mol. The summed E-state index contributed by atoms with van der Waals surface area (Å²) in [5.41, 5.74) is 0.937. The zero-order valence-corrected chi connectivity index (χ0v) is 19.3. The molecule has 0 radical (unpaired) electrons. The molecule has 0 bridgehead atoms. The molecule has 0 fully saturated rings. The van der Waals surface area contributed by atoms with Crippen LogP contribution in [-0.2, 0) is 18.5 Å². The molecule has 0 atom stereocenters. The summed E-state index contributed by atoms with van der Waals surface area (Å²) < 4.78 is 17.1. The van der Waals surface area contributed by atoms with Crippen LogP contribution in [0.2, 0.25) is 0 Å². The predicted octanol–water partition coefficient (Wildman–Crippen LogP) is 4.42. The van der Waals surface area contributed by atoms with Crippen LogP contribution in [0.5, 0.6) is 17.4 Å². The Morgan fingerprint density at radius 2 is 1.75 bits per heavy atom. The van der Waals surface area contributed by atoms with E-state index >= 15 is 0 Å². The monoisotopic (exact) mass is 437 g/mol. The lowest BCUT2D eigenvalue weighted by Gasteiger charge is -2.13. The van der Waals surface area contributed by atoms with E-state index in [1.54, 1.807) is 19.4 Å². The summed E-state index contributed by atoms with van der Waals surface area (Å²) >= 11 is 0. The maximum Gasteiger partial charge on any atom is 0.219 e. The highest BCUT2D eigenvalue weighted by Crippen LogP contribution is 2.23. The molecular formula is C24H31N5O3. The third kappa shape index (κ3) is 6.73. The maximum absolute atomic E-state index is 5.86. The second-order valence-electron chi connectivity index (χ2n) is 8.16. The van der Waals surface area contributed by atoms with Crippen LogP contribution >= 0.6 is 0 Å². The summed E-state index contributed by atoms with van der Waals surface area (Å²) in [6, 6.07) is 11.3. The molecule has 0 aliphatic heterocycles. The number of guanidine groups is 1. The summed E-state index contributed by atoms with van der Waals surface area (Å²) in [5, 5.41) is 6.49. The first-order valence-corrected chi connectivity index (χ1v) is 10.6. The smallest absolute Gasteiger partial charge is 0.219 e. The van der Waals surface area contributed by atoms with E-state index < -0.39 is 0 Å². The number of ether oxygens (including phenoxy) is 2. The summed E-state index contributed by atoms with van der Waals surface area (Å²) in [4.78, 5) is 12.9. The average Bonchev–Trinajstić information content (AvgIpc) is 3.26. The van der Waals surface area contributed by atoms with Crippen molar-refractivity contribution in [1.82, 2.24) is 20.6 Å². The van der Waals surface area contributed by atoms with Gasteiger partial charge in [-0.3, -0.25) is 4.99 Å². The van der Waals surface area contributed by atoms with Crippen LogP contribution < -0.4 is 20.1 Å². The van der Waals surface area contributed by atoms with Crippen LogP contribution in [0.1, 0.15) is 44.9 Å². The summed E-state index contributed by atoms with van der Waals surface area (Å²) in [6.07, 6.45) is 3.49. The number of hydrogen-bond acceptors (Lipinski definition) is 6. The second-order valence-corrected chi connectivity index (χ2v) is 8.16. The molecule has 8 nitrogen and oxygen atoms in total. The molecular weight excluding hydrogens is 406 g/mol. The normalized spacial score (nSPS) is 11.8. The van der Waals surface area contributed by atoms with Gasteiger partial charge in [-0.2, -0.15) is 0 Å². The molecule has 2 N–H and O–H groups in total. The number of benzene rings is 1. The van der Waals surface area contributed by atoms with E-state index in [0.717, 1.165) is 17.1 Å². The van der Waals surface area contributed by atoms with Crippen molar-refractivity contribution in [2.24, 2.45) is 4.99 Å². The Morgan fingerprint density at radius 3 is 2.41 bits per heavy atom. The molecule has 8 heteroatoms. The minimum absolute atomic E-state index is 0.0718. The molecule has 170 valence electrons. The van der Waals surface area contributed by atoms with Crippen LogP contribution in [0.25, 0.3) is 0 Å². The van der Waals surface area contributed by atoms with Crippen LogP contribution in [-0.4, -0.2) is 29.6 Å². The van der Waals surface area contributed by atoms with Crippen molar-refractivity contribution in [2.75, 3.05) is 13.7 Å². The minimum Gasteiger partial charge on any atom is -0.494 e. The Labute approximate surface area is 189 Å². The third-order valence-corrected chi connectivity index (χ3v) is 4.54. The van der Waals surface area contributed by atoms with Gasteiger partial charge in [0.2, 0.25) is 11.8 Å². The van der Waals surface area contributed by atoms with Gasteiger partial charge in [0.1, 0.15) is 17.3 Å². The fraction of sp³-hybridized carbons (Fsp3) is 0.375. The van der Waals surface area contributed by atoms with Crippen molar-refractivity contribution in [3.63, 3.8) is 0 Å². The third-order valence-electron chi connectivity index (χ3n) is 4.54. The molecule has 2 heterocycles. The number of pyridine rings is 1. The molecule has 1 aromatic carbocycles. The van der Waals surface area contributed by atoms with E-state index in [0.29, 0.717) is 43.2 Å². The van der Waals surface area contributed by atoms with E-state index in [2.05, 4.69) is 46.4 Å². The number of oxazole rings is 1. The molecule has 0 aliphatic rings. The van der Waals surface area contributed by atoms with Crippen molar-refractivity contribution in [3.05, 3.63) is 66.0 Å². The van der Waals surface area contributed by atoms with Crippen molar-refractivity contribution in [2.45, 2.75) is 46.2 Å². The molecule has 2 aromatic heterocycles. The van der Waals surface area contributed by atoms with Gasteiger partial charge in [-0.1, -0.05) is 20.8 Å². The van der Waals surface area contributed by atoms with Gasteiger partial charge in [0.15, 0.2) is 5.96 Å². The molecule has 0 aliphatic carbocycles. The molecule has 3 aromatic rings. The molecule has 0 unspecified atom stereocenters. The van der Waals surface area contributed by atoms with E-state index in [1.165, 1.54) is 0 Å². The fourth-order valence-electron chi connectivity index (χ4n) is 2.81. The first-order chi connectivity index (χ1) is 15.4. The van der Waals surface area contributed by atoms with Crippen molar-refractivity contribution < 1.29 is 13.9 Å². The first kappa shape index (κ1) is 23.1. The standard InChI is InChI=1S/C24H31N5O3/c1-6-30-18-7-9-19(10-8-18)31-21-13-17(11-12-26-21)14-28-23(25-5)29-16-22-27-15-20(32-22)24(2,3)4/h7-13,15H,6,14,16H2,1-5H3,(H2,25,28,29). The van der Waals surface area contributed by atoms with Crippen molar-refractivity contribution in [1.29, 1.82) is 0 Å². The van der Waals surface area contributed by atoms with E-state index in [9.17, 15) is 0 Å². The van der Waals surface area contributed by atoms with Crippen LogP contribution in [0.15, 0.2) is 58.2 Å². The number of hydrogen-bond donors (Lipinski definition) is 2. The minimum atomic E-state index is -0.0718. The quantitative estimate of drug-likeness (QED) is 0.398. The van der Waals surface area contributed by atoms with Gasteiger partial charge in [0.25, 0.3) is 0 Å². The Balaban J connectivity index is 1.52. The lowest BCUT2D eigenvalue weighted by molar-refractivity contribution is 0.339. The number of aromatic nitrogens is 2. The van der Waals surface area contributed by atoms with Crippen molar-refractivity contribution in [3.8, 4) is 17.4 Å². The number of rotatable bonds is 8. The van der Waals surface area contributed by atoms with Gasteiger partial charge in [0, 0.05) is 31.3 Å². The summed E-state index contributed by atoms with van der Waals surface area (Å²) in [5.74, 6) is 4.15. The molecule has 32 heavy (non-hydrogen) atoms. The van der Waals surface area contributed by atoms with Crippen molar-refractivity contribution >= 4 is 5.96 Å². The number of nitrogens with zero attached hydrogens (tertiary/aromatic N) is 3. The molecule has 0 amide bonds. The fourth-order valence-corrected chi connectivity index (χ4v) is 2.81. The highest BCUT2D eigenvalue weighted by atomic mass is 16.5. The highest BCUT2D eigenvalue weighted by Gasteiger charge is 2.19. The van der Waals surface area contributed by atoms with Gasteiger partial charge in [0.05, 0.1) is 19.3 Å². The zero-order valence-electron chi connectivity index (χ0n) is 19.3. The molecule has 3 rings (SSSR count). The van der Waals surface area contributed by atoms with Crippen LogP contribution in [0, 0.1) is 0 Å². The Bertz CT molecular complexity index is 1020. The number of nitrogens with one attached hydrogen (secondary N) is 2. The van der Waals surface area contributed by atoms with Crippen LogP contribution in [0.4, 0.5) is 0 Å². The topological polar surface area (TPSA) is 93.8 Å². The molecule has 0 saturated carbocycles. The lowest BCUT2D eigenvalue weighted by atomic mass is 9.94. The Hall–Kier alpha value is -3.55. The van der Waals surface area contributed by atoms with Crippen LogP contribution in [0.3, 0.4) is 0 Å². The largest absolute Gasteiger partial charge is 0.494 e. The van der Waals surface area contributed by atoms with Gasteiger partial charge in [-0.15, -0.1) is 0 Å². The second kappa shape index (κ2) is 10.7. The summed E-state index contributed by atoms with van der Waals surface area (Å²) in [6.45, 7) is 9.85. The Kier molecular flexibility index (Phi) is 7.70. The average molecular weight is 438 g/mol. The van der Waals surface area contributed by atoms with E-state index in [1.807, 2.05) is 43.3 Å². The maximum atomic E-state index is 5.86. The lowest BCUT2D eigenvalue weighted by Crippen LogP contribution is -2.36. The van der Waals surface area contributed by atoms with E-state index in [4.69, 9.17) is 13.9 Å². The van der Waals surface area contributed by atoms with E-state index in [-0.39, 0.29) is 5.41 Å². The highest BCUT2D eigenvalue weighted by molar-refractivity contribution is 5.79. The zero-order chi connectivity index (χ0) is 23.0. The summed E-state index contributed by atoms with van der Waals surface area (Å²) in [7, 11) is 1.72. The molecule has 0 saturated heterocycles. The first-order valence-electron chi connectivity index (χ1n) is 10.6. The van der Waals surface area contributed by atoms with Gasteiger partial charge < -0.3 is 24.5 Å². The number of aliphatic imine (C=N–C) groups is 1. The van der Waals surface area contributed by atoms with Gasteiger partial charge in [-0.05, 0) is 42.8 Å². The SMILES string of the molecule is CCOc1ccc(Oc2cc(CNC(=NC)NCc3ncc(C(C)(C)C)o3)ccn2)cc1. The Morgan fingerprint density at radius 1 is 1.03 bits per heavy atom. The van der Waals surface area contributed by atoms with Gasteiger partial charge in [-0.25, -0.2) is 9.97 Å². The molecule has 0 spiro atoms.